The summed E-state index contributed by atoms with van der Waals surface area (Å²) in [7, 11) is 0. The van der Waals surface area contributed by atoms with Crippen molar-refractivity contribution in [2.75, 3.05) is 6.61 Å². The van der Waals surface area contributed by atoms with Crippen molar-refractivity contribution in [3.8, 4) is 0 Å². The van der Waals surface area contributed by atoms with Crippen LogP contribution in [-0.2, 0) is 15.1 Å². The standard InChI is InChI=1S/C17H26N2O2/c1-5-21-14-11-13(16(14,2)3)19-15(20)17(4,18)12-9-7-6-8-10-12/h6-10,13-14H,5,11,18H2,1-4H3,(H,19,20). The summed E-state index contributed by atoms with van der Waals surface area (Å²) < 4.78 is 5.69. The summed E-state index contributed by atoms with van der Waals surface area (Å²) in [6, 6.07) is 9.58. The molecule has 3 N–H and O–H groups in total. The topological polar surface area (TPSA) is 64.3 Å². The van der Waals surface area contributed by atoms with Gasteiger partial charge in [-0.2, -0.15) is 0 Å². The molecule has 21 heavy (non-hydrogen) atoms. The molecular formula is C17H26N2O2. The number of hydrogen-bond acceptors (Lipinski definition) is 3. The molecule has 4 nitrogen and oxygen atoms in total. The maximum Gasteiger partial charge on any atom is 0.244 e. The molecule has 0 radical (unpaired) electrons. The van der Waals surface area contributed by atoms with E-state index in [0.29, 0.717) is 6.61 Å². The highest BCUT2D eigenvalue weighted by atomic mass is 16.5. The van der Waals surface area contributed by atoms with Gasteiger partial charge < -0.3 is 15.8 Å². The lowest BCUT2D eigenvalue weighted by atomic mass is 9.64. The summed E-state index contributed by atoms with van der Waals surface area (Å²) in [5, 5.41) is 3.09. The van der Waals surface area contributed by atoms with Crippen LogP contribution in [0.1, 0.15) is 39.7 Å². The molecular weight excluding hydrogens is 264 g/mol. The van der Waals surface area contributed by atoms with Gasteiger partial charge in [-0.15, -0.1) is 0 Å². The second-order valence-electron chi connectivity index (χ2n) is 6.60. The van der Waals surface area contributed by atoms with Crippen molar-refractivity contribution in [1.82, 2.24) is 5.32 Å². The minimum atomic E-state index is -1.02. The lowest BCUT2D eigenvalue weighted by molar-refractivity contribution is -0.140. The van der Waals surface area contributed by atoms with Crippen molar-refractivity contribution in [3.05, 3.63) is 35.9 Å². The summed E-state index contributed by atoms with van der Waals surface area (Å²) in [6.07, 6.45) is 1.05. The third-order valence-electron chi connectivity index (χ3n) is 4.70. The van der Waals surface area contributed by atoms with Gasteiger partial charge in [-0.25, -0.2) is 0 Å². The molecule has 2 rings (SSSR count). The Morgan fingerprint density at radius 1 is 1.43 bits per heavy atom. The molecule has 1 aromatic rings. The number of carbonyl (C=O) groups is 1. The molecule has 0 aromatic heterocycles. The Balaban J connectivity index is 2.03. The number of hydrogen-bond donors (Lipinski definition) is 2. The fourth-order valence-electron chi connectivity index (χ4n) is 2.84. The average Bonchev–Trinajstić information content (AvgIpc) is 2.47. The van der Waals surface area contributed by atoms with E-state index in [1.165, 1.54) is 0 Å². The second-order valence-corrected chi connectivity index (χ2v) is 6.60. The Bertz CT molecular complexity index is 497. The Kier molecular flexibility index (Phi) is 4.40. The van der Waals surface area contributed by atoms with Crippen LogP contribution in [0.4, 0.5) is 0 Å². The predicted octanol–water partition coefficient (Wildman–Crippen LogP) is 2.18. The molecule has 4 heteroatoms. The molecule has 1 aromatic carbocycles. The molecule has 0 saturated heterocycles. The van der Waals surface area contributed by atoms with E-state index in [9.17, 15) is 4.79 Å². The number of nitrogens with two attached hydrogens (primary N) is 1. The van der Waals surface area contributed by atoms with Crippen molar-refractivity contribution < 1.29 is 9.53 Å². The first kappa shape index (κ1) is 16.0. The monoisotopic (exact) mass is 290 g/mol. The van der Waals surface area contributed by atoms with E-state index in [1.807, 2.05) is 37.3 Å². The van der Waals surface area contributed by atoms with Crippen LogP contribution in [0.5, 0.6) is 0 Å². The van der Waals surface area contributed by atoms with Crippen LogP contribution in [0, 0.1) is 5.41 Å². The lowest BCUT2D eigenvalue weighted by Crippen LogP contribution is -2.65. The van der Waals surface area contributed by atoms with Crippen molar-refractivity contribution in [1.29, 1.82) is 0 Å². The number of nitrogens with one attached hydrogen (secondary N) is 1. The van der Waals surface area contributed by atoms with Crippen molar-refractivity contribution >= 4 is 5.91 Å². The van der Waals surface area contributed by atoms with E-state index in [1.54, 1.807) is 6.92 Å². The molecule has 1 saturated carbocycles. The van der Waals surface area contributed by atoms with E-state index in [0.717, 1.165) is 12.0 Å². The number of rotatable bonds is 5. The highest BCUT2D eigenvalue weighted by Gasteiger charge is 2.50. The minimum absolute atomic E-state index is 0.0571. The summed E-state index contributed by atoms with van der Waals surface area (Å²) in [5.41, 5.74) is 5.99. The Morgan fingerprint density at radius 2 is 2.05 bits per heavy atom. The van der Waals surface area contributed by atoms with Gasteiger partial charge in [0.25, 0.3) is 0 Å². The first-order valence-electron chi connectivity index (χ1n) is 7.57. The molecule has 116 valence electrons. The van der Waals surface area contributed by atoms with Gasteiger partial charge in [-0.05, 0) is 25.8 Å². The number of amides is 1. The molecule has 1 aliphatic carbocycles. The molecule has 0 heterocycles. The summed E-state index contributed by atoms with van der Waals surface area (Å²) >= 11 is 0. The highest BCUT2D eigenvalue weighted by molar-refractivity contribution is 5.87. The van der Waals surface area contributed by atoms with Gasteiger partial charge >= 0.3 is 0 Å². The molecule has 1 amide bonds. The molecule has 0 aliphatic heterocycles. The van der Waals surface area contributed by atoms with E-state index < -0.39 is 5.54 Å². The maximum atomic E-state index is 12.5. The van der Waals surface area contributed by atoms with Crippen LogP contribution < -0.4 is 11.1 Å². The summed E-state index contributed by atoms with van der Waals surface area (Å²) in [5.74, 6) is -0.137. The second kappa shape index (κ2) is 5.78. The van der Waals surface area contributed by atoms with Crippen LogP contribution >= 0.6 is 0 Å². The Morgan fingerprint density at radius 3 is 2.57 bits per heavy atom. The van der Waals surface area contributed by atoms with Gasteiger partial charge in [0, 0.05) is 18.1 Å². The van der Waals surface area contributed by atoms with Gasteiger partial charge in [0.1, 0.15) is 5.54 Å². The van der Waals surface area contributed by atoms with Gasteiger partial charge in [0.2, 0.25) is 5.91 Å². The summed E-state index contributed by atoms with van der Waals surface area (Å²) in [4.78, 5) is 12.5. The van der Waals surface area contributed by atoms with Crippen LogP contribution in [0.2, 0.25) is 0 Å². The normalized spacial score (nSPS) is 26.5. The highest BCUT2D eigenvalue weighted by Crippen LogP contribution is 2.43. The van der Waals surface area contributed by atoms with E-state index in [4.69, 9.17) is 10.5 Å². The van der Waals surface area contributed by atoms with E-state index in [2.05, 4.69) is 19.2 Å². The van der Waals surface area contributed by atoms with Crippen LogP contribution in [0.15, 0.2) is 30.3 Å². The minimum Gasteiger partial charge on any atom is -0.378 e. The molecule has 0 bridgehead atoms. The Labute approximate surface area is 127 Å². The molecule has 3 atom stereocenters. The molecule has 1 aliphatic rings. The Hall–Kier alpha value is -1.39. The van der Waals surface area contributed by atoms with E-state index >= 15 is 0 Å². The van der Waals surface area contributed by atoms with Crippen molar-refractivity contribution in [2.45, 2.75) is 51.8 Å². The van der Waals surface area contributed by atoms with Crippen molar-refractivity contribution in [3.63, 3.8) is 0 Å². The SMILES string of the molecule is CCOC1CC(NC(=O)C(C)(N)c2ccccc2)C1(C)C. The predicted molar refractivity (Wildman–Crippen MR) is 83.7 cm³/mol. The molecule has 1 fully saturated rings. The van der Waals surface area contributed by atoms with Crippen LogP contribution in [-0.4, -0.2) is 24.7 Å². The molecule has 3 unspecified atom stereocenters. The zero-order valence-electron chi connectivity index (χ0n) is 13.3. The number of benzene rings is 1. The average molecular weight is 290 g/mol. The number of ether oxygens (including phenoxy) is 1. The first-order chi connectivity index (χ1) is 9.80. The van der Waals surface area contributed by atoms with Gasteiger partial charge in [0.05, 0.1) is 6.10 Å². The number of carbonyl (C=O) groups excluding carboxylic acids is 1. The maximum absolute atomic E-state index is 12.5. The van der Waals surface area contributed by atoms with E-state index in [-0.39, 0.29) is 23.5 Å². The van der Waals surface area contributed by atoms with Crippen LogP contribution in [0.3, 0.4) is 0 Å². The largest absolute Gasteiger partial charge is 0.378 e. The van der Waals surface area contributed by atoms with Gasteiger partial charge in [-0.1, -0.05) is 44.2 Å². The van der Waals surface area contributed by atoms with Crippen molar-refractivity contribution in [2.24, 2.45) is 11.1 Å². The first-order valence-corrected chi connectivity index (χ1v) is 7.57. The fraction of sp³-hybridized carbons (Fsp3) is 0.588. The lowest BCUT2D eigenvalue weighted by Gasteiger charge is -2.52. The van der Waals surface area contributed by atoms with Crippen LogP contribution in [0.25, 0.3) is 0 Å². The third-order valence-corrected chi connectivity index (χ3v) is 4.70. The quantitative estimate of drug-likeness (QED) is 0.873. The zero-order chi connectivity index (χ0) is 15.7. The summed E-state index contributed by atoms with van der Waals surface area (Å²) in [6.45, 7) is 8.70. The smallest absolute Gasteiger partial charge is 0.244 e. The molecule has 0 spiro atoms. The van der Waals surface area contributed by atoms with Gasteiger partial charge in [0.15, 0.2) is 0 Å². The third kappa shape index (κ3) is 2.97. The van der Waals surface area contributed by atoms with Gasteiger partial charge in [-0.3, -0.25) is 4.79 Å². The zero-order valence-corrected chi connectivity index (χ0v) is 13.3. The fourth-order valence-corrected chi connectivity index (χ4v) is 2.84.